The molecule has 1 atom stereocenters. The van der Waals surface area contributed by atoms with Gasteiger partial charge in [0.2, 0.25) is 0 Å². The molecule has 0 saturated carbocycles. The summed E-state index contributed by atoms with van der Waals surface area (Å²) in [7, 11) is 0. The molecule has 0 bridgehead atoms. The predicted molar refractivity (Wildman–Crippen MR) is 73.5 cm³/mol. The Morgan fingerprint density at radius 3 is 2.94 bits per heavy atom. The van der Waals surface area contributed by atoms with E-state index in [0.717, 1.165) is 23.7 Å². The maximum absolute atomic E-state index is 12.2. The molecule has 0 fully saturated rings. The van der Waals surface area contributed by atoms with Gasteiger partial charge in [-0.05, 0) is 12.5 Å². The van der Waals surface area contributed by atoms with Crippen LogP contribution in [-0.2, 0) is 0 Å². The first-order valence-electron chi connectivity index (χ1n) is 6.33. The number of hydrogen-bond donors (Lipinski definition) is 3. The fourth-order valence-corrected chi connectivity index (χ4v) is 2.12. The van der Waals surface area contributed by atoms with Gasteiger partial charge >= 0.3 is 0 Å². The summed E-state index contributed by atoms with van der Waals surface area (Å²) in [6.07, 6.45) is 3.67. The predicted octanol–water partition coefficient (Wildman–Crippen LogP) is 2.03. The lowest BCUT2D eigenvalue weighted by Crippen LogP contribution is -2.40. The van der Waals surface area contributed by atoms with Crippen molar-refractivity contribution in [3.05, 3.63) is 36.0 Å². The van der Waals surface area contributed by atoms with Crippen LogP contribution in [0.1, 0.15) is 30.1 Å². The fraction of sp³-hybridized carbons (Fsp3) is 0.357. The zero-order valence-corrected chi connectivity index (χ0v) is 10.6. The number of carbonyl (C=O) groups excluding carboxylic acids is 1. The van der Waals surface area contributed by atoms with Gasteiger partial charge in [0.05, 0.1) is 5.56 Å². The van der Waals surface area contributed by atoms with Gasteiger partial charge in [0, 0.05) is 29.7 Å². The van der Waals surface area contributed by atoms with Gasteiger partial charge in [-0.1, -0.05) is 31.5 Å². The standard InChI is InChI=1S/C14H19N3O/c1-2-5-10(8-15)17-14(18)12-9-16-13-7-4-3-6-11(12)13/h3-4,6-7,9-10,16H,2,5,8,15H2,1H3,(H,17,18). The van der Waals surface area contributed by atoms with Crippen LogP contribution in [-0.4, -0.2) is 23.5 Å². The van der Waals surface area contributed by atoms with Crippen LogP contribution in [0.2, 0.25) is 0 Å². The second-order valence-electron chi connectivity index (χ2n) is 4.44. The van der Waals surface area contributed by atoms with E-state index >= 15 is 0 Å². The highest BCUT2D eigenvalue weighted by Gasteiger charge is 2.14. The van der Waals surface area contributed by atoms with E-state index in [1.54, 1.807) is 6.20 Å². The molecule has 0 aliphatic carbocycles. The molecule has 4 N–H and O–H groups in total. The maximum atomic E-state index is 12.2. The van der Waals surface area contributed by atoms with Crippen LogP contribution >= 0.6 is 0 Å². The molecular weight excluding hydrogens is 226 g/mol. The van der Waals surface area contributed by atoms with Crippen molar-refractivity contribution < 1.29 is 4.79 Å². The quantitative estimate of drug-likeness (QED) is 0.754. The van der Waals surface area contributed by atoms with Gasteiger partial charge < -0.3 is 16.0 Å². The van der Waals surface area contributed by atoms with Gasteiger partial charge in [0.1, 0.15) is 0 Å². The van der Waals surface area contributed by atoms with Gasteiger partial charge in [-0.25, -0.2) is 0 Å². The second kappa shape index (κ2) is 5.69. The molecule has 0 saturated heterocycles. The Morgan fingerprint density at radius 2 is 2.22 bits per heavy atom. The molecule has 1 aromatic heterocycles. The summed E-state index contributed by atoms with van der Waals surface area (Å²) in [5.74, 6) is -0.0589. The fourth-order valence-electron chi connectivity index (χ4n) is 2.12. The third-order valence-electron chi connectivity index (χ3n) is 3.09. The highest BCUT2D eigenvalue weighted by molar-refractivity contribution is 6.06. The molecule has 96 valence electrons. The summed E-state index contributed by atoms with van der Waals surface area (Å²) in [5, 5.41) is 3.92. The van der Waals surface area contributed by atoms with Gasteiger partial charge in [0.15, 0.2) is 0 Å². The van der Waals surface area contributed by atoms with Crippen LogP contribution in [0.3, 0.4) is 0 Å². The maximum Gasteiger partial charge on any atom is 0.253 e. The summed E-state index contributed by atoms with van der Waals surface area (Å²) < 4.78 is 0. The highest BCUT2D eigenvalue weighted by Crippen LogP contribution is 2.17. The molecule has 0 aliphatic heterocycles. The number of rotatable bonds is 5. The number of H-pyrrole nitrogens is 1. The number of fused-ring (bicyclic) bond motifs is 1. The van der Waals surface area contributed by atoms with Crippen molar-refractivity contribution in [3.8, 4) is 0 Å². The number of aromatic amines is 1. The molecule has 1 heterocycles. The molecule has 1 amide bonds. The Morgan fingerprint density at radius 1 is 1.44 bits per heavy atom. The monoisotopic (exact) mass is 245 g/mol. The lowest BCUT2D eigenvalue weighted by Gasteiger charge is -2.15. The highest BCUT2D eigenvalue weighted by atomic mass is 16.1. The van der Waals surface area contributed by atoms with Crippen LogP contribution in [0.4, 0.5) is 0 Å². The molecule has 0 spiro atoms. The SMILES string of the molecule is CCCC(CN)NC(=O)c1c[nH]c2ccccc12. The molecule has 4 heteroatoms. The topological polar surface area (TPSA) is 70.9 Å². The van der Waals surface area contributed by atoms with Crippen molar-refractivity contribution in [3.63, 3.8) is 0 Å². The molecule has 2 rings (SSSR count). The van der Waals surface area contributed by atoms with E-state index in [2.05, 4.69) is 17.2 Å². The third kappa shape index (κ3) is 2.54. The summed E-state index contributed by atoms with van der Waals surface area (Å²) in [5.41, 5.74) is 7.31. The number of nitrogens with two attached hydrogens (primary N) is 1. The Bertz CT molecular complexity index is 533. The van der Waals surface area contributed by atoms with E-state index < -0.39 is 0 Å². The third-order valence-corrected chi connectivity index (χ3v) is 3.09. The molecular formula is C14H19N3O. The number of carbonyl (C=O) groups is 1. The van der Waals surface area contributed by atoms with E-state index in [0.29, 0.717) is 12.1 Å². The summed E-state index contributed by atoms with van der Waals surface area (Å²) in [6, 6.07) is 7.83. The van der Waals surface area contributed by atoms with E-state index in [-0.39, 0.29) is 11.9 Å². The zero-order valence-electron chi connectivity index (χ0n) is 10.6. The first-order chi connectivity index (χ1) is 8.76. The zero-order chi connectivity index (χ0) is 13.0. The largest absolute Gasteiger partial charge is 0.360 e. The van der Waals surface area contributed by atoms with Crippen LogP contribution in [0.15, 0.2) is 30.5 Å². The van der Waals surface area contributed by atoms with Crippen molar-refractivity contribution in [2.24, 2.45) is 5.73 Å². The molecule has 1 unspecified atom stereocenters. The van der Waals surface area contributed by atoms with Crippen molar-refractivity contribution in [1.29, 1.82) is 0 Å². The lowest BCUT2D eigenvalue weighted by molar-refractivity contribution is 0.0938. The average Bonchev–Trinajstić information content (AvgIpc) is 2.82. The van der Waals surface area contributed by atoms with Crippen LogP contribution in [0.25, 0.3) is 10.9 Å². The minimum atomic E-state index is -0.0589. The van der Waals surface area contributed by atoms with Crippen molar-refractivity contribution in [1.82, 2.24) is 10.3 Å². The Kier molecular flexibility index (Phi) is 3.99. The van der Waals surface area contributed by atoms with Crippen LogP contribution < -0.4 is 11.1 Å². The first kappa shape index (κ1) is 12.6. The van der Waals surface area contributed by atoms with Crippen molar-refractivity contribution in [2.45, 2.75) is 25.8 Å². The number of nitrogens with one attached hydrogen (secondary N) is 2. The minimum absolute atomic E-state index is 0.0520. The van der Waals surface area contributed by atoms with Gasteiger partial charge in [-0.3, -0.25) is 4.79 Å². The molecule has 0 aliphatic rings. The summed E-state index contributed by atoms with van der Waals surface area (Å²) in [4.78, 5) is 15.3. The van der Waals surface area contributed by atoms with E-state index in [4.69, 9.17) is 5.73 Å². The normalized spacial score (nSPS) is 12.6. The number of hydrogen-bond acceptors (Lipinski definition) is 2. The van der Waals surface area contributed by atoms with E-state index in [9.17, 15) is 4.79 Å². The van der Waals surface area contributed by atoms with Crippen molar-refractivity contribution >= 4 is 16.8 Å². The van der Waals surface area contributed by atoms with Gasteiger partial charge in [0.25, 0.3) is 5.91 Å². The Hall–Kier alpha value is -1.81. The number of benzene rings is 1. The van der Waals surface area contributed by atoms with Gasteiger partial charge in [-0.2, -0.15) is 0 Å². The molecule has 1 aromatic carbocycles. The van der Waals surface area contributed by atoms with Crippen molar-refractivity contribution in [2.75, 3.05) is 6.54 Å². The number of para-hydroxylation sites is 1. The smallest absolute Gasteiger partial charge is 0.253 e. The van der Waals surface area contributed by atoms with E-state index in [1.165, 1.54) is 0 Å². The summed E-state index contributed by atoms with van der Waals surface area (Å²) >= 11 is 0. The van der Waals surface area contributed by atoms with Gasteiger partial charge in [-0.15, -0.1) is 0 Å². The lowest BCUT2D eigenvalue weighted by atomic mass is 10.1. The van der Waals surface area contributed by atoms with Crippen LogP contribution in [0.5, 0.6) is 0 Å². The Labute approximate surface area is 107 Å². The number of aromatic nitrogens is 1. The van der Waals surface area contributed by atoms with Crippen LogP contribution in [0, 0.1) is 0 Å². The molecule has 0 radical (unpaired) electrons. The molecule has 18 heavy (non-hydrogen) atoms. The second-order valence-corrected chi connectivity index (χ2v) is 4.44. The molecule has 2 aromatic rings. The molecule has 4 nitrogen and oxygen atoms in total. The number of amides is 1. The minimum Gasteiger partial charge on any atom is -0.360 e. The first-order valence-corrected chi connectivity index (χ1v) is 6.33. The summed E-state index contributed by atoms with van der Waals surface area (Å²) in [6.45, 7) is 2.56. The van der Waals surface area contributed by atoms with E-state index in [1.807, 2.05) is 24.3 Å². The Balaban J connectivity index is 2.18. The average molecular weight is 245 g/mol.